The molecule has 2 rings (SSSR count). The molecule has 1 fully saturated rings. The van der Waals surface area contributed by atoms with Crippen LogP contribution in [0.3, 0.4) is 0 Å². The maximum absolute atomic E-state index is 9.06. The van der Waals surface area contributed by atoms with Gasteiger partial charge in [0.05, 0.1) is 18.4 Å². The highest BCUT2D eigenvalue weighted by molar-refractivity contribution is 5.56. The third-order valence-corrected chi connectivity index (χ3v) is 3.65. The molecule has 1 aromatic rings. The average Bonchev–Trinajstić information content (AvgIpc) is 2.49. The van der Waals surface area contributed by atoms with Gasteiger partial charge in [0, 0.05) is 19.1 Å². The Labute approximate surface area is 120 Å². The average molecular weight is 274 g/mol. The maximum Gasteiger partial charge on any atom is 0.142 e. The monoisotopic (exact) mass is 274 g/mol. The van der Waals surface area contributed by atoms with Crippen LogP contribution >= 0.6 is 0 Å². The first kappa shape index (κ1) is 14.7. The summed E-state index contributed by atoms with van der Waals surface area (Å²) in [6, 6.07) is 10.7. The summed E-state index contributed by atoms with van der Waals surface area (Å²) in [5.41, 5.74) is 1.01. The number of ether oxygens (including phenoxy) is 2. The van der Waals surface area contributed by atoms with Crippen molar-refractivity contribution in [1.29, 1.82) is 5.26 Å². The number of hydrogen-bond donors (Lipinski definition) is 1. The lowest BCUT2D eigenvalue weighted by Crippen LogP contribution is -2.27. The number of hydrogen-bond acceptors (Lipinski definition) is 4. The number of nitrogens with zero attached hydrogens (tertiary/aromatic N) is 1. The van der Waals surface area contributed by atoms with Crippen molar-refractivity contribution in [2.45, 2.75) is 31.7 Å². The molecule has 1 saturated carbocycles. The van der Waals surface area contributed by atoms with E-state index in [1.807, 2.05) is 24.3 Å². The highest BCUT2D eigenvalue weighted by Crippen LogP contribution is 2.30. The van der Waals surface area contributed by atoms with Gasteiger partial charge in [0.2, 0.25) is 0 Å². The molecule has 20 heavy (non-hydrogen) atoms. The highest BCUT2D eigenvalue weighted by atomic mass is 16.5. The normalized spacial score (nSPS) is 22.0. The van der Waals surface area contributed by atoms with Gasteiger partial charge in [0.1, 0.15) is 12.4 Å². The molecular weight excluding hydrogens is 252 g/mol. The Bertz CT molecular complexity index is 456. The van der Waals surface area contributed by atoms with Crippen molar-refractivity contribution in [3.63, 3.8) is 0 Å². The number of methoxy groups -OCH3 is 1. The van der Waals surface area contributed by atoms with E-state index in [0.29, 0.717) is 19.3 Å². The van der Waals surface area contributed by atoms with Crippen LogP contribution in [0.25, 0.3) is 0 Å². The van der Waals surface area contributed by atoms with Gasteiger partial charge in [-0.05, 0) is 31.4 Å². The molecule has 1 N–H and O–H groups in total. The Kier molecular flexibility index (Phi) is 5.69. The maximum atomic E-state index is 9.06. The van der Waals surface area contributed by atoms with E-state index in [-0.39, 0.29) is 5.92 Å². The molecule has 108 valence electrons. The van der Waals surface area contributed by atoms with Crippen LogP contribution in [0.5, 0.6) is 5.75 Å². The first-order valence-electron chi connectivity index (χ1n) is 7.20. The van der Waals surface area contributed by atoms with Crippen LogP contribution in [0.4, 0.5) is 5.69 Å². The number of para-hydroxylation sites is 2. The molecule has 0 radical (unpaired) electrons. The molecule has 0 amide bonds. The fourth-order valence-corrected chi connectivity index (χ4v) is 2.60. The number of nitriles is 1. The first-order valence-corrected chi connectivity index (χ1v) is 7.20. The van der Waals surface area contributed by atoms with Gasteiger partial charge in [-0.1, -0.05) is 18.6 Å². The lowest BCUT2D eigenvalue weighted by Gasteiger charge is -2.27. The van der Waals surface area contributed by atoms with Gasteiger partial charge in [-0.2, -0.15) is 5.26 Å². The predicted molar refractivity (Wildman–Crippen MR) is 78.8 cm³/mol. The molecule has 0 heterocycles. The van der Waals surface area contributed by atoms with Crippen LogP contribution in [-0.4, -0.2) is 26.4 Å². The van der Waals surface area contributed by atoms with E-state index in [4.69, 9.17) is 14.7 Å². The van der Waals surface area contributed by atoms with E-state index < -0.39 is 0 Å². The molecule has 4 heteroatoms. The number of benzene rings is 1. The second kappa shape index (κ2) is 7.76. The Hall–Kier alpha value is -1.73. The quantitative estimate of drug-likeness (QED) is 0.809. The lowest BCUT2D eigenvalue weighted by atomic mass is 9.86. The zero-order chi connectivity index (χ0) is 14.2. The van der Waals surface area contributed by atoms with Crippen LogP contribution in [-0.2, 0) is 4.74 Å². The smallest absolute Gasteiger partial charge is 0.142 e. The molecule has 1 aromatic carbocycles. The molecule has 0 saturated heterocycles. The summed E-state index contributed by atoms with van der Waals surface area (Å²) in [4.78, 5) is 0. The fourth-order valence-electron chi connectivity index (χ4n) is 2.60. The van der Waals surface area contributed by atoms with Crippen molar-refractivity contribution < 1.29 is 9.47 Å². The molecule has 0 spiro atoms. The molecule has 2 atom stereocenters. The van der Waals surface area contributed by atoms with Crippen LogP contribution < -0.4 is 10.1 Å². The third-order valence-electron chi connectivity index (χ3n) is 3.65. The van der Waals surface area contributed by atoms with Gasteiger partial charge in [-0.25, -0.2) is 0 Å². The van der Waals surface area contributed by atoms with Gasteiger partial charge in [0.25, 0.3) is 0 Å². The molecule has 0 bridgehead atoms. The van der Waals surface area contributed by atoms with Gasteiger partial charge in [-0.15, -0.1) is 0 Å². The summed E-state index contributed by atoms with van der Waals surface area (Å²) < 4.78 is 10.7. The summed E-state index contributed by atoms with van der Waals surface area (Å²) in [5, 5.41) is 12.6. The van der Waals surface area contributed by atoms with Crippen molar-refractivity contribution in [2.75, 3.05) is 25.6 Å². The van der Waals surface area contributed by atoms with Gasteiger partial charge in [-0.3, -0.25) is 0 Å². The van der Waals surface area contributed by atoms with Crippen molar-refractivity contribution in [1.82, 2.24) is 0 Å². The zero-order valence-electron chi connectivity index (χ0n) is 12.0. The molecular formula is C16H22N2O2. The minimum atomic E-state index is 0.183. The molecule has 4 nitrogen and oxygen atoms in total. The second-order valence-electron chi connectivity index (χ2n) is 5.17. The topological polar surface area (TPSA) is 54.3 Å². The minimum absolute atomic E-state index is 0.183. The van der Waals surface area contributed by atoms with Gasteiger partial charge >= 0.3 is 0 Å². The Morgan fingerprint density at radius 2 is 2.15 bits per heavy atom. The fraction of sp³-hybridized carbons (Fsp3) is 0.562. The second-order valence-corrected chi connectivity index (χ2v) is 5.17. The third kappa shape index (κ3) is 4.14. The molecule has 0 aliphatic heterocycles. The highest BCUT2D eigenvalue weighted by Gasteiger charge is 2.22. The van der Waals surface area contributed by atoms with Crippen molar-refractivity contribution in [3.8, 4) is 11.8 Å². The van der Waals surface area contributed by atoms with Crippen molar-refractivity contribution >= 4 is 5.69 Å². The minimum Gasteiger partial charge on any atom is -0.489 e. The van der Waals surface area contributed by atoms with Crippen LogP contribution in [0.1, 0.15) is 25.7 Å². The van der Waals surface area contributed by atoms with Crippen molar-refractivity contribution in [3.05, 3.63) is 24.3 Å². The first-order chi connectivity index (χ1) is 9.83. The van der Waals surface area contributed by atoms with Crippen LogP contribution in [0.15, 0.2) is 24.3 Å². The van der Waals surface area contributed by atoms with Gasteiger partial charge in [0.15, 0.2) is 0 Å². The van der Waals surface area contributed by atoms with E-state index in [1.54, 1.807) is 7.11 Å². The van der Waals surface area contributed by atoms with Gasteiger partial charge < -0.3 is 14.8 Å². The Morgan fingerprint density at radius 3 is 2.95 bits per heavy atom. The molecule has 0 aromatic heterocycles. The summed E-state index contributed by atoms with van der Waals surface area (Å²) in [5.74, 6) is 1.03. The Balaban J connectivity index is 1.96. The summed E-state index contributed by atoms with van der Waals surface area (Å²) in [6.07, 6.45) is 4.18. The summed E-state index contributed by atoms with van der Waals surface area (Å²) in [7, 11) is 1.66. The van der Waals surface area contributed by atoms with E-state index >= 15 is 0 Å². The molecule has 1 aliphatic carbocycles. The number of nitrogens with one attached hydrogen (secondary N) is 1. The lowest BCUT2D eigenvalue weighted by molar-refractivity contribution is 0.146. The van der Waals surface area contributed by atoms with E-state index in [2.05, 4.69) is 11.4 Å². The Morgan fingerprint density at radius 1 is 1.30 bits per heavy atom. The van der Waals surface area contributed by atoms with Crippen molar-refractivity contribution in [2.24, 2.45) is 5.92 Å². The van der Waals surface area contributed by atoms with E-state index in [0.717, 1.165) is 37.1 Å². The SMILES string of the molecule is COCCOc1ccccc1NC1CCCC(C#N)C1. The largest absolute Gasteiger partial charge is 0.489 e. The summed E-state index contributed by atoms with van der Waals surface area (Å²) in [6.45, 7) is 1.12. The standard InChI is InChI=1S/C16H22N2O2/c1-19-9-10-20-16-8-3-2-7-15(16)18-14-6-4-5-13(11-14)12-17/h2-3,7-8,13-14,18H,4-6,9-11H2,1H3. The zero-order valence-corrected chi connectivity index (χ0v) is 12.0. The number of rotatable bonds is 6. The summed E-state index contributed by atoms with van der Waals surface area (Å²) >= 11 is 0. The van der Waals surface area contributed by atoms with Crippen LogP contribution in [0, 0.1) is 17.2 Å². The predicted octanol–water partition coefficient (Wildman–Crippen LogP) is 3.21. The van der Waals surface area contributed by atoms with Crippen LogP contribution in [0.2, 0.25) is 0 Å². The molecule has 1 aliphatic rings. The van der Waals surface area contributed by atoms with E-state index in [9.17, 15) is 0 Å². The number of anilines is 1. The molecule has 2 unspecified atom stereocenters. The van der Waals surface area contributed by atoms with E-state index in [1.165, 1.54) is 0 Å².